The summed E-state index contributed by atoms with van der Waals surface area (Å²) in [6.07, 6.45) is 61.0. The van der Waals surface area contributed by atoms with Crippen LogP contribution in [0, 0.1) is 5.92 Å². The van der Waals surface area contributed by atoms with E-state index >= 15 is 0 Å². The molecule has 0 bridgehead atoms. The Hall–Kier alpha value is -1.59. The molecule has 0 aliphatic rings. The Labute approximate surface area is 418 Å². The minimum absolute atomic E-state index is 0.0616. The van der Waals surface area contributed by atoms with E-state index in [-0.39, 0.29) is 31.1 Å². The summed E-state index contributed by atoms with van der Waals surface area (Å²) < 4.78 is 16.9. The van der Waals surface area contributed by atoms with Crippen LogP contribution in [0.15, 0.2) is 0 Å². The van der Waals surface area contributed by atoms with Crippen LogP contribution in [0.4, 0.5) is 0 Å². The largest absolute Gasteiger partial charge is 0.462 e. The van der Waals surface area contributed by atoms with Crippen molar-refractivity contribution in [1.29, 1.82) is 0 Å². The number of unbranched alkanes of at least 4 members (excludes halogenated alkanes) is 43. The topological polar surface area (TPSA) is 78.9 Å². The summed E-state index contributed by atoms with van der Waals surface area (Å²) in [4.78, 5) is 38.2. The van der Waals surface area contributed by atoms with Crippen molar-refractivity contribution in [1.82, 2.24) is 0 Å². The third-order valence-corrected chi connectivity index (χ3v) is 14.0. The molecule has 0 aliphatic heterocycles. The molecule has 0 unspecified atom stereocenters. The summed E-state index contributed by atoms with van der Waals surface area (Å²) in [5, 5.41) is 0. The number of hydrogen-bond acceptors (Lipinski definition) is 6. The molecule has 6 nitrogen and oxygen atoms in total. The minimum atomic E-state index is -0.762. The van der Waals surface area contributed by atoms with Gasteiger partial charge >= 0.3 is 17.9 Å². The maximum atomic E-state index is 12.9. The van der Waals surface area contributed by atoms with Crippen molar-refractivity contribution >= 4 is 17.9 Å². The molecule has 1 atom stereocenters. The molecular formula is C61H118O6. The quantitative estimate of drug-likeness (QED) is 0.0343. The van der Waals surface area contributed by atoms with Gasteiger partial charge in [0, 0.05) is 19.3 Å². The first-order valence-electron chi connectivity index (χ1n) is 30.4. The van der Waals surface area contributed by atoms with Crippen LogP contribution >= 0.6 is 0 Å². The van der Waals surface area contributed by atoms with Crippen molar-refractivity contribution in [2.24, 2.45) is 5.92 Å². The highest BCUT2D eigenvalue weighted by molar-refractivity contribution is 5.71. The Morgan fingerprint density at radius 1 is 0.284 bits per heavy atom. The van der Waals surface area contributed by atoms with Crippen LogP contribution in [0.5, 0.6) is 0 Å². The monoisotopic (exact) mass is 947 g/mol. The SMILES string of the molecule is CCCCCCCCCCCCCCCCCCCCC(=O)O[C@@H](COC(=O)CCCCCCCCCCCCCCCCCCC)COC(=O)CCCCCCCCCCCCCC(C)C. The van der Waals surface area contributed by atoms with Gasteiger partial charge in [0.2, 0.25) is 0 Å². The van der Waals surface area contributed by atoms with Gasteiger partial charge in [-0.3, -0.25) is 14.4 Å². The predicted molar refractivity (Wildman–Crippen MR) is 289 cm³/mol. The van der Waals surface area contributed by atoms with Gasteiger partial charge < -0.3 is 14.2 Å². The fourth-order valence-electron chi connectivity index (χ4n) is 9.46. The summed E-state index contributed by atoms with van der Waals surface area (Å²) in [5.74, 6) is -0.00533. The van der Waals surface area contributed by atoms with E-state index in [1.165, 1.54) is 244 Å². The Bertz CT molecular complexity index is 1010. The van der Waals surface area contributed by atoms with E-state index in [0.717, 1.165) is 63.7 Å². The molecule has 67 heavy (non-hydrogen) atoms. The first-order valence-corrected chi connectivity index (χ1v) is 30.4. The van der Waals surface area contributed by atoms with Crippen LogP contribution < -0.4 is 0 Å². The molecule has 398 valence electrons. The van der Waals surface area contributed by atoms with Crippen LogP contribution in [0.1, 0.15) is 349 Å². The number of hydrogen-bond donors (Lipinski definition) is 0. The average molecular weight is 948 g/mol. The minimum Gasteiger partial charge on any atom is -0.462 e. The third-order valence-electron chi connectivity index (χ3n) is 14.0. The number of carbonyl (C=O) groups is 3. The Balaban J connectivity index is 4.28. The van der Waals surface area contributed by atoms with E-state index in [1.807, 2.05) is 0 Å². The zero-order chi connectivity index (χ0) is 48.8. The number of ether oxygens (including phenoxy) is 3. The molecule has 0 saturated heterocycles. The summed E-state index contributed by atoms with van der Waals surface area (Å²) in [6, 6.07) is 0. The van der Waals surface area contributed by atoms with Gasteiger partial charge in [0.1, 0.15) is 13.2 Å². The lowest BCUT2D eigenvalue weighted by atomic mass is 10.0. The van der Waals surface area contributed by atoms with Gasteiger partial charge in [0.15, 0.2) is 6.10 Å². The van der Waals surface area contributed by atoms with Crippen molar-refractivity contribution in [3.63, 3.8) is 0 Å². The van der Waals surface area contributed by atoms with E-state index in [0.29, 0.717) is 19.3 Å². The fourth-order valence-corrected chi connectivity index (χ4v) is 9.46. The lowest BCUT2D eigenvalue weighted by molar-refractivity contribution is -0.167. The maximum Gasteiger partial charge on any atom is 0.306 e. The standard InChI is InChI=1S/C61H118O6/c1-5-7-9-11-13-15-17-19-21-23-25-27-29-33-38-42-46-50-54-61(64)67-58(56-66-60(63)53-49-45-41-37-34-30-31-35-39-43-47-51-57(3)4)55-65-59(62)52-48-44-40-36-32-28-26-24-22-20-18-16-14-12-10-8-6-2/h57-58H,5-56H2,1-4H3/t58-/m0/s1. The lowest BCUT2D eigenvalue weighted by Gasteiger charge is -2.18. The van der Waals surface area contributed by atoms with Crippen molar-refractivity contribution in [3.8, 4) is 0 Å². The lowest BCUT2D eigenvalue weighted by Crippen LogP contribution is -2.30. The highest BCUT2D eigenvalue weighted by Crippen LogP contribution is 2.18. The van der Waals surface area contributed by atoms with Crippen LogP contribution in [0.2, 0.25) is 0 Å². The van der Waals surface area contributed by atoms with Gasteiger partial charge in [-0.1, -0.05) is 310 Å². The molecule has 0 radical (unpaired) electrons. The molecule has 0 fully saturated rings. The molecule has 0 amide bonds. The van der Waals surface area contributed by atoms with Crippen LogP contribution in [-0.4, -0.2) is 37.2 Å². The smallest absolute Gasteiger partial charge is 0.306 e. The molecule has 0 rings (SSSR count). The van der Waals surface area contributed by atoms with E-state index in [4.69, 9.17) is 14.2 Å². The molecule has 6 heteroatoms. The predicted octanol–water partition coefficient (Wildman–Crippen LogP) is 20.2. The van der Waals surface area contributed by atoms with E-state index in [1.54, 1.807) is 0 Å². The van der Waals surface area contributed by atoms with Crippen molar-refractivity contribution < 1.29 is 28.6 Å². The fraction of sp³-hybridized carbons (Fsp3) is 0.951. The van der Waals surface area contributed by atoms with Gasteiger partial charge in [-0.15, -0.1) is 0 Å². The average Bonchev–Trinajstić information content (AvgIpc) is 3.31. The van der Waals surface area contributed by atoms with Crippen molar-refractivity contribution in [2.75, 3.05) is 13.2 Å². The Morgan fingerprint density at radius 2 is 0.493 bits per heavy atom. The van der Waals surface area contributed by atoms with Crippen molar-refractivity contribution in [2.45, 2.75) is 355 Å². The number of carbonyl (C=O) groups excluding carboxylic acids is 3. The molecular weight excluding hydrogens is 829 g/mol. The van der Waals surface area contributed by atoms with Gasteiger partial charge in [0.05, 0.1) is 0 Å². The van der Waals surface area contributed by atoms with Gasteiger partial charge in [-0.25, -0.2) is 0 Å². The zero-order valence-electron chi connectivity index (χ0n) is 45.9. The number of esters is 3. The van der Waals surface area contributed by atoms with E-state index < -0.39 is 6.10 Å². The molecule has 0 aromatic rings. The highest BCUT2D eigenvalue weighted by Gasteiger charge is 2.19. The highest BCUT2D eigenvalue weighted by atomic mass is 16.6. The van der Waals surface area contributed by atoms with Crippen LogP contribution in [0.3, 0.4) is 0 Å². The second-order valence-corrected chi connectivity index (χ2v) is 21.5. The summed E-state index contributed by atoms with van der Waals surface area (Å²) in [7, 11) is 0. The second-order valence-electron chi connectivity index (χ2n) is 21.5. The molecule has 0 aliphatic carbocycles. The van der Waals surface area contributed by atoms with E-state index in [2.05, 4.69) is 27.7 Å². The molecule has 0 spiro atoms. The van der Waals surface area contributed by atoms with Crippen molar-refractivity contribution in [3.05, 3.63) is 0 Å². The third kappa shape index (κ3) is 55.2. The molecule has 0 saturated carbocycles. The van der Waals surface area contributed by atoms with Gasteiger partial charge in [-0.05, 0) is 25.2 Å². The summed E-state index contributed by atoms with van der Waals surface area (Å²) >= 11 is 0. The first-order chi connectivity index (χ1) is 32.9. The number of rotatable bonds is 56. The summed E-state index contributed by atoms with van der Waals surface area (Å²) in [5.41, 5.74) is 0. The van der Waals surface area contributed by atoms with Crippen LogP contribution in [0.25, 0.3) is 0 Å². The summed E-state index contributed by atoms with van der Waals surface area (Å²) in [6.45, 7) is 9.07. The Morgan fingerprint density at radius 3 is 0.731 bits per heavy atom. The second kappa shape index (κ2) is 55.3. The van der Waals surface area contributed by atoms with Gasteiger partial charge in [0.25, 0.3) is 0 Å². The van der Waals surface area contributed by atoms with Crippen LogP contribution in [-0.2, 0) is 28.6 Å². The Kier molecular flexibility index (Phi) is 54.0. The molecule has 0 heterocycles. The molecule has 0 aromatic heterocycles. The molecule has 0 N–H and O–H groups in total. The normalized spacial score (nSPS) is 12.0. The first kappa shape index (κ1) is 65.4. The zero-order valence-corrected chi connectivity index (χ0v) is 45.9. The molecule has 0 aromatic carbocycles. The van der Waals surface area contributed by atoms with E-state index in [9.17, 15) is 14.4 Å². The maximum absolute atomic E-state index is 12.9. The van der Waals surface area contributed by atoms with Gasteiger partial charge in [-0.2, -0.15) is 0 Å².